The minimum atomic E-state index is -4.39. The van der Waals surface area contributed by atoms with E-state index in [-0.39, 0.29) is 11.1 Å². The van der Waals surface area contributed by atoms with Crippen LogP contribution in [-0.2, 0) is 12.7 Å². The highest BCUT2D eigenvalue weighted by Crippen LogP contribution is 2.28. The van der Waals surface area contributed by atoms with Gasteiger partial charge in [0.1, 0.15) is 0 Å². The van der Waals surface area contributed by atoms with Gasteiger partial charge in [-0.25, -0.2) is 0 Å². The molecule has 1 heterocycles. The van der Waals surface area contributed by atoms with Gasteiger partial charge in [-0.1, -0.05) is 6.92 Å². The van der Waals surface area contributed by atoms with Gasteiger partial charge < -0.3 is 4.57 Å². The Morgan fingerprint density at radius 1 is 1.40 bits per heavy atom. The van der Waals surface area contributed by atoms with E-state index in [0.29, 0.717) is 13.0 Å². The fourth-order valence-electron chi connectivity index (χ4n) is 1.35. The summed E-state index contributed by atoms with van der Waals surface area (Å²) >= 11 is 0. The Morgan fingerprint density at radius 2 is 2.00 bits per heavy atom. The first kappa shape index (κ1) is 11.8. The van der Waals surface area contributed by atoms with Gasteiger partial charge in [0.15, 0.2) is 0 Å². The van der Waals surface area contributed by atoms with Crippen LogP contribution < -0.4 is 5.56 Å². The van der Waals surface area contributed by atoms with E-state index in [1.165, 1.54) is 6.92 Å². The summed E-state index contributed by atoms with van der Waals surface area (Å²) < 4.78 is 38.3. The van der Waals surface area contributed by atoms with Crippen molar-refractivity contribution in [3.8, 4) is 0 Å². The molecule has 0 fully saturated rings. The maximum Gasteiger partial charge on any atom is 0.417 e. The summed E-state index contributed by atoms with van der Waals surface area (Å²) in [6.07, 6.45) is -2.90. The molecule has 15 heavy (non-hydrogen) atoms. The summed E-state index contributed by atoms with van der Waals surface area (Å²) in [5.74, 6) is 0. The number of alkyl halides is 3. The van der Waals surface area contributed by atoms with Crippen molar-refractivity contribution in [1.82, 2.24) is 4.57 Å². The van der Waals surface area contributed by atoms with Crippen molar-refractivity contribution in [2.24, 2.45) is 0 Å². The fraction of sp³-hybridized carbons (Fsp3) is 0.500. The number of nitrogens with zero attached hydrogens (tertiary/aromatic N) is 1. The quantitative estimate of drug-likeness (QED) is 0.749. The fourth-order valence-corrected chi connectivity index (χ4v) is 1.35. The number of hydrogen-bond acceptors (Lipinski definition) is 1. The number of pyridine rings is 1. The molecule has 0 saturated carbocycles. The molecule has 0 unspecified atom stereocenters. The molecule has 0 aliphatic rings. The standard InChI is InChI=1S/C10H12F3NO/c1-3-4-14-6-8(10(11,12)13)5-7(2)9(14)15/h5-6H,3-4H2,1-2H3. The van der Waals surface area contributed by atoms with Crippen LogP contribution in [-0.4, -0.2) is 4.57 Å². The summed E-state index contributed by atoms with van der Waals surface area (Å²) in [6.45, 7) is 3.51. The minimum absolute atomic E-state index is 0.123. The maximum atomic E-state index is 12.4. The minimum Gasteiger partial charge on any atom is -0.315 e. The van der Waals surface area contributed by atoms with E-state index in [1.54, 1.807) is 0 Å². The lowest BCUT2D eigenvalue weighted by Gasteiger charge is -2.11. The van der Waals surface area contributed by atoms with Crippen molar-refractivity contribution >= 4 is 0 Å². The van der Waals surface area contributed by atoms with Crippen molar-refractivity contribution in [3.63, 3.8) is 0 Å². The van der Waals surface area contributed by atoms with Gasteiger partial charge in [0, 0.05) is 18.3 Å². The molecule has 84 valence electrons. The number of rotatable bonds is 2. The van der Waals surface area contributed by atoms with E-state index in [4.69, 9.17) is 0 Å². The zero-order valence-electron chi connectivity index (χ0n) is 8.56. The molecule has 0 aliphatic carbocycles. The lowest BCUT2D eigenvalue weighted by molar-refractivity contribution is -0.138. The third-order valence-corrected chi connectivity index (χ3v) is 2.06. The van der Waals surface area contributed by atoms with Gasteiger partial charge in [0.05, 0.1) is 5.56 Å². The van der Waals surface area contributed by atoms with Crippen LogP contribution in [0.5, 0.6) is 0 Å². The third-order valence-electron chi connectivity index (χ3n) is 2.06. The zero-order chi connectivity index (χ0) is 11.6. The topological polar surface area (TPSA) is 22.0 Å². The second kappa shape index (κ2) is 4.08. The largest absolute Gasteiger partial charge is 0.417 e. The molecule has 2 nitrogen and oxygen atoms in total. The monoisotopic (exact) mass is 219 g/mol. The number of halogens is 3. The van der Waals surface area contributed by atoms with Gasteiger partial charge in [-0.05, 0) is 19.4 Å². The Hall–Kier alpha value is -1.26. The molecule has 1 aromatic rings. The molecular formula is C10H12F3NO. The van der Waals surface area contributed by atoms with Crippen molar-refractivity contribution in [2.75, 3.05) is 0 Å². The molecule has 5 heteroatoms. The Bertz CT molecular complexity index is 406. The average molecular weight is 219 g/mol. The molecule has 0 amide bonds. The van der Waals surface area contributed by atoms with E-state index in [1.807, 2.05) is 6.92 Å². The van der Waals surface area contributed by atoms with Crippen LogP contribution in [0.25, 0.3) is 0 Å². The second-order valence-corrected chi connectivity index (χ2v) is 3.41. The van der Waals surface area contributed by atoms with Crippen LogP contribution in [0, 0.1) is 6.92 Å². The van der Waals surface area contributed by atoms with Crippen molar-refractivity contribution in [1.29, 1.82) is 0 Å². The Morgan fingerprint density at radius 3 is 2.47 bits per heavy atom. The Balaban J connectivity index is 3.30. The predicted octanol–water partition coefficient (Wildman–Crippen LogP) is 2.59. The molecule has 0 aliphatic heterocycles. The molecule has 0 N–H and O–H groups in total. The van der Waals surface area contributed by atoms with Gasteiger partial charge in [-0.3, -0.25) is 4.79 Å². The first-order valence-corrected chi connectivity index (χ1v) is 4.64. The smallest absolute Gasteiger partial charge is 0.315 e. The molecule has 0 atom stereocenters. The summed E-state index contributed by atoms with van der Waals surface area (Å²) in [7, 11) is 0. The van der Waals surface area contributed by atoms with Crippen LogP contribution in [0.2, 0.25) is 0 Å². The van der Waals surface area contributed by atoms with Crippen LogP contribution in [0.15, 0.2) is 17.1 Å². The van der Waals surface area contributed by atoms with Crippen LogP contribution >= 0.6 is 0 Å². The molecule has 1 rings (SSSR count). The zero-order valence-corrected chi connectivity index (χ0v) is 8.56. The Labute approximate surface area is 85.3 Å². The van der Waals surface area contributed by atoms with Crippen LogP contribution in [0.4, 0.5) is 13.2 Å². The third kappa shape index (κ3) is 2.61. The lowest BCUT2D eigenvalue weighted by atomic mass is 10.2. The molecular weight excluding hydrogens is 207 g/mol. The van der Waals surface area contributed by atoms with Gasteiger partial charge in [-0.15, -0.1) is 0 Å². The van der Waals surface area contributed by atoms with E-state index in [9.17, 15) is 18.0 Å². The molecule has 0 aromatic carbocycles. The highest BCUT2D eigenvalue weighted by atomic mass is 19.4. The Kier molecular flexibility index (Phi) is 3.21. The van der Waals surface area contributed by atoms with E-state index < -0.39 is 11.7 Å². The van der Waals surface area contributed by atoms with Crippen molar-refractivity contribution in [2.45, 2.75) is 33.0 Å². The molecule has 0 saturated heterocycles. The van der Waals surface area contributed by atoms with Crippen LogP contribution in [0.1, 0.15) is 24.5 Å². The van der Waals surface area contributed by atoms with Crippen molar-refractivity contribution in [3.05, 3.63) is 33.7 Å². The van der Waals surface area contributed by atoms with Gasteiger partial charge in [-0.2, -0.15) is 13.2 Å². The first-order chi connectivity index (χ1) is 6.86. The van der Waals surface area contributed by atoms with Gasteiger partial charge in [0.25, 0.3) is 5.56 Å². The molecule has 0 spiro atoms. The van der Waals surface area contributed by atoms with E-state index >= 15 is 0 Å². The van der Waals surface area contributed by atoms with Gasteiger partial charge in [0.2, 0.25) is 0 Å². The highest BCUT2D eigenvalue weighted by Gasteiger charge is 2.31. The highest BCUT2D eigenvalue weighted by molar-refractivity contribution is 5.20. The molecule has 1 aromatic heterocycles. The predicted molar refractivity (Wildman–Crippen MR) is 50.7 cm³/mol. The first-order valence-electron chi connectivity index (χ1n) is 4.64. The average Bonchev–Trinajstić information content (AvgIpc) is 2.11. The summed E-state index contributed by atoms with van der Waals surface area (Å²) in [6, 6.07) is 0.883. The molecule has 0 bridgehead atoms. The molecule has 0 radical (unpaired) electrons. The summed E-state index contributed by atoms with van der Waals surface area (Å²) in [5.41, 5.74) is -1.00. The number of aryl methyl sites for hydroxylation is 2. The van der Waals surface area contributed by atoms with E-state index in [2.05, 4.69) is 0 Å². The van der Waals surface area contributed by atoms with Crippen LogP contribution in [0.3, 0.4) is 0 Å². The number of hydrogen-bond donors (Lipinski definition) is 0. The summed E-state index contributed by atoms with van der Waals surface area (Å²) in [4.78, 5) is 11.4. The summed E-state index contributed by atoms with van der Waals surface area (Å²) in [5, 5.41) is 0. The number of aromatic nitrogens is 1. The SMILES string of the molecule is CCCn1cc(C(F)(F)F)cc(C)c1=O. The maximum absolute atomic E-state index is 12.4. The normalized spacial score (nSPS) is 11.8. The van der Waals surface area contributed by atoms with E-state index in [0.717, 1.165) is 16.8 Å². The lowest BCUT2D eigenvalue weighted by Crippen LogP contribution is -2.24. The van der Waals surface area contributed by atoms with Gasteiger partial charge >= 0.3 is 6.18 Å². The van der Waals surface area contributed by atoms with Crippen molar-refractivity contribution < 1.29 is 13.2 Å². The second-order valence-electron chi connectivity index (χ2n) is 3.41.